The SMILES string of the molecule is Cc1cc(N)cc(NCCCc2ncn[nH]2)c1. The van der Waals surface area contributed by atoms with Crippen LogP contribution in [0.15, 0.2) is 24.5 Å². The van der Waals surface area contributed by atoms with Gasteiger partial charge in [-0.05, 0) is 37.1 Å². The van der Waals surface area contributed by atoms with Crippen LogP contribution in [0.5, 0.6) is 0 Å². The van der Waals surface area contributed by atoms with Crippen molar-refractivity contribution in [1.29, 1.82) is 0 Å². The van der Waals surface area contributed by atoms with E-state index in [9.17, 15) is 0 Å². The van der Waals surface area contributed by atoms with Crippen LogP contribution < -0.4 is 11.1 Å². The zero-order valence-electron chi connectivity index (χ0n) is 9.90. The van der Waals surface area contributed by atoms with Gasteiger partial charge in [-0.1, -0.05) is 0 Å². The zero-order valence-corrected chi connectivity index (χ0v) is 9.90. The van der Waals surface area contributed by atoms with Crippen molar-refractivity contribution in [3.8, 4) is 0 Å². The standard InChI is InChI=1S/C12H17N5/c1-9-5-10(13)7-11(6-9)14-4-2-3-12-15-8-16-17-12/h5-8,14H,2-4,13H2,1H3,(H,15,16,17). The highest BCUT2D eigenvalue weighted by molar-refractivity contribution is 5.56. The highest BCUT2D eigenvalue weighted by Crippen LogP contribution is 2.15. The Balaban J connectivity index is 1.78. The van der Waals surface area contributed by atoms with E-state index in [0.717, 1.165) is 36.6 Å². The molecule has 2 aromatic rings. The largest absolute Gasteiger partial charge is 0.399 e. The predicted molar refractivity (Wildman–Crippen MR) is 68.8 cm³/mol. The molecule has 0 saturated heterocycles. The summed E-state index contributed by atoms with van der Waals surface area (Å²) in [6, 6.07) is 5.99. The van der Waals surface area contributed by atoms with Crippen molar-refractivity contribution < 1.29 is 0 Å². The molecule has 0 atom stereocenters. The summed E-state index contributed by atoms with van der Waals surface area (Å²) in [6.45, 7) is 2.93. The third-order valence-corrected chi connectivity index (χ3v) is 2.48. The molecule has 4 N–H and O–H groups in total. The first kappa shape index (κ1) is 11.4. The summed E-state index contributed by atoms with van der Waals surface area (Å²) in [5.41, 5.74) is 8.81. The Morgan fingerprint density at radius 1 is 1.35 bits per heavy atom. The van der Waals surface area contributed by atoms with E-state index < -0.39 is 0 Å². The molecule has 0 unspecified atom stereocenters. The third-order valence-electron chi connectivity index (χ3n) is 2.48. The Morgan fingerprint density at radius 3 is 2.94 bits per heavy atom. The van der Waals surface area contributed by atoms with E-state index in [1.54, 1.807) is 0 Å². The minimum absolute atomic E-state index is 0.794. The molecular weight excluding hydrogens is 214 g/mol. The first-order chi connectivity index (χ1) is 8.24. The molecule has 0 aliphatic carbocycles. The molecule has 1 aromatic carbocycles. The van der Waals surface area contributed by atoms with Crippen LogP contribution >= 0.6 is 0 Å². The molecule has 0 fully saturated rings. The van der Waals surface area contributed by atoms with Crippen LogP contribution in [0.25, 0.3) is 0 Å². The number of aromatic nitrogens is 3. The fourth-order valence-electron chi connectivity index (χ4n) is 1.75. The lowest BCUT2D eigenvalue weighted by atomic mass is 10.2. The van der Waals surface area contributed by atoms with Crippen LogP contribution in [0.1, 0.15) is 17.8 Å². The van der Waals surface area contributed by atoms with Gasteiger partial charge in [0.1, 0.15) is 12.2 Å². The number of nitrogen functional groups attached to an aromatic ring is 1. The topological polar surface area (TPSA) is 79.6 Å². The summed E-state index contributed by atoms with van der Waals surface area (Å²) in [5.74, 6) is 0.926. The average molecular weight is 231 g/mol. The Morgan fingerprint density at radius 2 is 2.24 bits per heavy atom. The number of nitrogens with two attached hydrogens (primary N) is 1. The molecule has 0 saturated carbocycles. The Kier molecular flexibility index (Phi) is 3.59. The number of hydrogen-bond donors (Lipinski definition) is 3. The maximum absolute atomic E-state index is 5.78. The number of aryl methyl sites for hydroxylation is 2. The number of benzene rings is 1. The number of aromatic amines is 1. The normalized spacial score (nSPS) is 10.4. The van der Waals surface area contributed by atoms with Crippen molar-refractivity contribution in [2.24, 2.45) is 0 Å². The average Bonchev–Trinajstić information content (AvgIpc) is 2.76. The van der Waals surface area contributed by atoms with E-state index in [-0.39, 0.29) is 0 Å². The van der Waals surface area contributed by atoms with Gasteiger partial charge in [0, 0.05) is 24.3 Å². The quantitative estimate of drug-likeness (QED) is 0.541. The van der Waals surface area contributed by atoms with E-state index in [4.69, 9.17) is 5.73 Å². The van der Waals surface area contributed by atoms with Crippen LogP contribution in [0.3, 0.4) is 0 Å². The number of anilines is 2. The highest BCUT2D eigenvalue weighted by atomic mass is 15.2. The van der Waals surface area contributed by atoms with Crippen LogP contribution in [0, 0.1) is 6.92 Å². The molecule has 0 aliphatic rings. The minimum atomic E-state index is 0.794. The summed E-state index contributed by atoms with van der Waals surface area (Å²) >= 11 is 0. The number of rotatable bonds is 5. The van der Waals surface area contributed by atoms with Crippen molar-refractivity contribution in [3.05, 3.63) is 35.9 Å². The molecule has 0 bridgehead atoms. The van der Waals surface area contributed by atoms with Gasteiger partial charge in [-0.15, -0.1) is 0 Å². The molecule has 5 heteroatoms. The van der Waals surface area contributed by atoms with E-state index in [0.29, 0.717) is 0 Å². The van der Waals surface area contributed by atoms with E-state index >= 15 is 0 Å². The van der Waals surface area contributed by atoms with Crippen LogP contribution in [-0.2, 0) is 6.42 Å². The van der Waals surface area contributed by atoms with Gasteiger partial charge in [0.25, 0.3) is 0 Å². The second-order valence-electron chi connectivity index (χ2n) is 4.09. The van der Waals surface area contributed by atoms with Gasteiger partial charge < -0.3 is 11.1 Å². The monoisotopic (exact) mass is 231 g/mol. The third kappa shape index (κ3) is 3.48. The van der Waals surface area contributed by atoms with E-state index in [1.165, 1.54) is 11.9 Å². The summed E-state index contributed by atoms with van der Waals surface area (Å²) in [5, 5.41) is 10.0. The Hall–Kier alpha value is -2.04. The summed E-state index contributed by atoms with van der Waals surface area (Å²) in [6.07, 6.45) is 3.43. The van der Waals surface area contributed by atoms with Crippen molar-refractivity contribution in [2.45, 2.75) is 19.8 Å². The number of nitrogens with one attached hydrogen (secondary N) is 2. The van der Waals surface area contributed by atoms with Crippen LogP contribution in [-0.4, -0.2) is 21.7 Å². The van der Waals surface area contributed by atoms with Gasteiger partial charge in [0.2, 0.25) is 0 Å². The Bertz CT molecular complexity index is 444. The fraction of sp³-hybridized carbons (Fsp3) is 0.333. The number of nitrogens with zero attached hydrogens (tertiary/aromatic N) is 2. The van der Waals surface area contributed by atoms with Crippen LogP contribution in [0.4, 0.5) is 11.4 Å². The molecule has 17 heavy (non-hydrogen) atoms. The highest BCUT2D eigenvalue weighted by Gasteiger charge is 1.97. The second kappa shape index (κ2) is 5.34. The summed E-state index contributed by atoms with van der Waals surface area (Å²) in [4.78, 5) is 4.07. The maximum Gasteiger partial charge on any atom is 0.137 e. The number of hydrogen-bond acceptors (Lipinski definition) is 4. The molecule has 0 amide bonds. The first-order valence-electron chi connectivity index (χ1n) is 5.69. The van der Waals surface area contributed by atoms with Crippen LogP contribution in [0.2, 0.25) is 0 Å². The first-order valence-corrected chi connectivity index (χ1v) is 5.69. The van der Waals surface area contributed by atoms with Crippen molar-refractivity contribution >= 4 is 11.4 Å². The van der Waals surface area contributed by atoms with Gasteiger partial charge in [0.15, 0.2) is 0 Å². The second-order valence-corrected chi connectivity index (χ2v) is 4.09. The van der Waals surface area contributed by atoms with Gasteiger partial charge >= 0.3 is 0 Å². The maximum atomic E-state index is 5.78. The van der Waals surface area contributed by atoms with Gasteiger partial charge in [0.05, 0.1) is 0 Å². The molecule has 5 nitrogen and oxygen atoms in total. The predicted octanol–water partition coefficient (Wildman–Crippen LogP) is 1.74. The van der Waals surface area contributed by atoms with Crippen molar-refractivity contribution in [1.82, 2.24) is 15.2 Å². The Labute approximate surface area is 100 Å². The van der Waals surface area contributed by atoms with Gasteiger partial charge in [-0.3, -0.25) is 5.10 Å². The lowest BCUT2D eigenvalue weighted by molar-refractivity contribution is 0.806. The molecule has 1 heterocycles. The molecule has 2 rings (SSSR count). The minimum Gasteiger partial charge on any atom is -0.399 e. The van der Waals surface area contributed by atoms with Crippen molar-refractivity contribution in [3.63, 3.8) is 0 Å². The zero-order chi connectivity index (χ0) is 12.1. The van der Waals surface area contributed by atoms with Gasteiger partial charge in [-0.2, -0.15) is 5.10 Å². The molecule has 90 valence electrons. The lowest BCUT2D eigenvalue weighted by Gasteiger charge is -2.07. The fourth-order valence-corrected chi connectivity index (χ4v) is 1.75. The molecule has 0 spiro atoms. The molecule has 0 radical (unpaired) electrons. The molecule has 0 aliphatic heterocycles. The smallest absolute Gasteiger partial charge is 0.137 e. The molecular formula is C12H17N5. The summed E-state index contributed by atoms with van der Waals surface area (Å²) < 4.78 is 0. The van der Waals surface area contributed by atoms with E-state index in [1.807, 2.05) is 19.1 Å². The summed E-state index contributed by atoms with van der Waals surface area (Å²) in [7, 11) is 0. The van der Waals surface area contributed by atoms with Crippen molar-refractivity contribution in [2.75, 3.05) is 17.6 Å². The number of H-pyrrole nitrogens is 1. The van der Waals surface area contributed by atoms with E-state index in [2.05, 4.69) is 26.6 Å². The van der Waals surface area contributed by atoms with Gasteiger partial charge in [-0.25, -0.2) is 4.98 Å². The molecule has 1 aromatic heterocycles. The lowest BCUT2D eigenvalue weighted by Crippen LogP contribution is -2.04.